The predicted molar refractivity (Wildman–Crippen MR) is 73.4 cm³/mol. The summed E-state index contributed by atoms with van der Waals surface area (Å²) in [4.78, 5) is 25.7. The lowest BCUT2D eigenvalue weighted by Crippen LogP contribution is -2.11. The Kier molecular flexibility index (Phi) is 3.86. The van der Waals surface area contributed by atoms with E-state index in [0.717, 1.165) is 5.56 Å². The van der Waals surface area contributed by atoms with Gasteiger partial charge in [0.25, 0.3) is 5.91 Å². The molecule has 0 saturated carbocycles. The molecule has 0 atom stereocenters. The Hall–Kier alpha value is -2.71. The third kappa shape index (κ3) is 3.37. The molecule has 1 amide bonds. The molecule has 0 unspecified atom stereocenters. The van der Waals surface area contributed by atoms with Crippen molar-refractivity contribution in [1.82, 2.24) is 0 Å². The molecule has 0 fully saturated rings. The summed E-state index contributed by atoms with van der Waals surface area (Å²) in [5.41, 5.74) is 2.65. The third-order valence-electron chi connectivity index (χ3n) is 2.56. The highest BCUT2D eigenvalue weighted by Gasteiger charge is 2.06. The Morgan fingerprint density at radius 1 is 1.16 bits per heavy atom. The maximum Gasteiger partial charge on any atom is 0.255 e. The van der Waals surface area contributed by atoms with Crippen LogP contribution in [0.2, 0.25) is 0 Å². The summed E-state index contributed by atoms with van der Waals surface area (Å²) in [6.07, 6.45) is 1.47. The number of benzene rings is 2. The van der Waals surface area contributed by atoms with Crippen molar-refractivity contribution in [3.63, 3.8) is 0 Å². The highest BCUT2D eigenvalue weighted by atomic mass is 16.1. The highest BCUT2D eigenvalue weighted by molar-refractivity contribution is 6.04. The molecule has 0 heterocycles. The molecule has 2 rings (SSSR count). The second kappa shape index (κ2) is 5.76. The van der Waals surface area contributed by atoms with E-state index in [9.17, 15) is 9.59 Å². The van der Waals surface area contributed by atoms with Crippen molar-refractivity contribution in [3.8, 4) is 0 Å². The van der Waals surface area contributed by atoms with Crippen molar-refractivity contribution < 1.29 is 9.59 Å². The molecule has 94 valence electrons. The molecule has 0 aliphatic carbocycles. The minimum absolute atomic E-state index is 0.198. The number of aliphatic imine (C=N–C) groups is 1. The fraction of sp³-hybridized carbons (Fsp3) is 0.0667. The average molecular weight is 252 g/mol. The predicted octanol–water partition coefficient (Wildman–Crippen LogP) is 3.21. The van der Waals surface area contributed by atoms with Crippen LogP contribution in [-0.2, 0) is 4.79 Å². The van der Waals surface area contributed by atoms with Crippen molar-refractivity contribution >= 4 is 23.4 Å². The molecule has 1 N–H and O–H groups in total. The maximum absolute atomic E-state index is 12.0. The highest BCUT2D eigenvalue weighted by Crippen LogP contribution is 2.18. The van der Waals surface area contributed by atoms with E-state index in [4.69, 9.17) is 0 Å². The van der Waals surface area contributed by atoms with Crippen molar-refractivity contribution in [3.05, 3.63) is 59.7 Å². The first-order valence-electron chi connectivity index (χ1n) is 5.75. The van der Waals surface area contributed by atoms with Crippen LogP contribution < -0.4 is 5.32 Å². The number of rotatable bonds is 3. The van der Waals surface area contributed by atoms with Crippen LogP contribution in [-0.4, -0.2) is 12.0 Å². The molecule has 0 radical (unpaired) electrons. The van der Waals surface area contributed by atoms with E-state index in [1.54, 1.807) is 30.3 Å². The summed E-state index contributed by atoms with van der Waals surface area (Å²) in [7, 11) is 0. The summed E-state index contributed by atoms with van der Waals surface area (Å²) in [6, 6.07) is 14.0. The maximum atomic E-state index is 12.0. The minimum Gasteiger partial charge on any atom is -0.322 e. The van der Waals surface area contributed by atoms with Crippen LogP contribution in [0.5, 0.6) is 0 Å². The molecule has 0 bridgehead atoms. The number of amides is 1. The number of nitrogens with one attached hydrogen (secondary N) is 1. The molecule has 0 aliphatic rings. The van der Waals surface area contributed by atoms with Crippen LogP contribution >= 0.6 is 0 Å². The Morgan fingerprint density at radius 2 is 1.95 bits per heavy atom. The molecule has 19 heavy (non-hydrogen) atoms. The standard InChI is InChI=1S/C15H12N2O2/c1-11-4-2-5-12(8-11)15(19)17-14-7-3-6-13(9-14)16-10-18/h2-9H,1H3,(H,17,19). The first-order chi connectivity index (χ1) is 9.19. The van der Waals surface area contributed by atoms with Crippen molar-refractivity contribution in [1.29, 1.82) is 0 Å². The largest absolute Gasteiger partial charge is 0.322 e. The minimum atomic E-state index is -0.198. The second-order valence-electron chi connectivity index (χ2n) is 4.08. The molecule has 0 spiro atoms. The SMILES string of the molecule is Cc1cccc(C(=O)Nc2cccc(N=C=O)c2)c1. The van der Waals surface area contributed by atoms with Gasteiger partial charge >= 0.3 is 0 Å². The molecule has 0 aliphatic heterocycles. The summed E-state index contributed by atoms with van der Waals surface area (Å²) in [5, 5.41) is 2.76. The molecular formula is C15H12N2O2. The monoisotopic (exact) mass is 252 g/mol. The fourth-order valence-corrected chi connectivity index (χ4v) is 1.70. The zero-order valence-corrected chi connectivity index (χ0v) is 10.4. The Labute approximate surface area is 110 Å². The van der Waals surface area contributed by atoms with Gasteiger partial charge in [-0.3, -0.25) is 4.79 Å². The lowest BCUT2D eigenvalue weighted by atomic mass is 10.1. The van der Waals surface area contributed by atoms with E-state index in [1.807, 2.05) is 25.1 Å². The second-order valence-corrected chi connectivity index (χ2v) is 4.08. The van der Waals surface area contributed by atoms with Crippen LogP contribution in [0.1, 0.15) is 15.9 Å². The average Bonchev–Trinajstić information content (AvgIpc) is 2.39. The van der Waals surface area contributed by atoms with E-state index < -0.39 is 0 Å². The van der Waals surface area contributed by atoms with Crippen LogP contribution in [0.15, 0.2) is 53.5 Å². The normalized spacial score (nSPS) is 9.53. The summed E-state index contributed by atoms with van der Waals surface area (Å²) < 4.78 is 0. The van der Waals surface area contributed by atoms with Crippen LogP contribution in [0, 0.1) is 6.92 Å². The number of hydrogen-bond acceptors (Lipinski definition) is 3. The van der Waals surface area contributed by atoms with Crippen LogP contribution in [0.3, 0.4) is 0 Å². The molecule has 0 saturated heterocycles. The molecule has 2 aromatic rings. The number of anilines is 1. The smallest absolute Gasteiger partial charge is 0.255 e. The zero-order valence-electron chi connectivity index (χ0n) is 10.4. The quantitative estimate of drug-likeness (QED) is 0.673. The van der Waals surface area contributed by atoms with Gasteiger partial charge in [-0.25, -0.2) is 4.79 Å². The van der Waals surface area contributed by atoms with E-state index in [0.29, 0.717) is 16.9 Å². The van der Waals surface area contributed by atoms with Gasteiger partial charge in [0, 0.05) is 11.3 Å². The van der Waals surface area contributed by atoms with Gasteiger partial charge in [-0.05, 0) is 37.3 Å². The lowest BCUT2D eigenvalue weighted by Gasteiger charge is -2.06. The van der Waals surface area contributed by atoms with Gasteiger partial charge in [0.2, 0.25) is 6.08 Å². The van der Waals surface area contributed by atoms with E-state index in [-0.39, 0.29) is 5.91 Å². The van der Waals surface area contributed by atoms with Crippen LogP contribution in [0.25, 0.3) is 0 Å². The molecule has 4 nitrogen and oxygen atoms in total. The van der Waals surface area contributed by atoms with Crippen molar-refractivity contribution in [2.24, 2.45) is 4.99 Å². The van der Waals surface area contributed by atoms with Crippen LogP contribution in [0.4, 0.5) is 11.4 Å². The number of hydrogen-bond donors (Lipinski definition) is 1. The fourth-order valence-electron chi connectivity index (χ4n) is 1.70. The number of carbonyl (C=O) groups excluding carboxylic acids is 2. The van der Waals surface area contributed by atoms with Gasteiger partial charge in [-0.2, -0.15) is 4.99 Å². The van der Waals surface area contributed by atoms with Gasteiger partial charge in [-0.15, -0.1) is 0 Å². The first-order valence-corrected chi connectivity index (χ1v) is 5.75. The Morgan fingerprint density at radius 3 is 2.68 bits per heavy atom. The van der Waals surface area contributed by atoms with E-state index in [1.165, 1.54) is 6.08 Å². The summed E-state index contributed by atoms with van der Waals surface area (Å²) in [6.45, 7) is 1.93. The van der Waals surface area contributed by atoms with Gasteiger partial charge in [0.15, 0.2) is 0 Å². The molecule has 2 aromatic carbocycles. The van der Waals surface area contributed by atoms with Crippen molar-refractivity contribution in [2.45, 2.75) is 6.92 Å². The van der Waals surface area contributed by atoms with E-state index in [2.05, 4.69) is 10.3 Å². The molecule has 0 aromatic heterocycles. The third-order valence-corrected chi connectivity index (χ3v) is 2.56. The topological polar surface area (TPSA) is 58.5 Å². The zero-order chi connectivity index (χ0) is 13.7. The lowest BCUT2D eigenvalue weighted by molar-refractivity contribution is 0.102. The Balaban J connectivity index is 2.19. The number of nitrogens with zero attached hydrogens (tertiary/aromatic N) is 1. The number of carbonyl (C=O) groups is 1. The summed E-state index contributed by atoms with van der Waals surface area (Å²) in [5.74, 6) is -0.198. The first kappa shape index (κ1) is 12.7. The van der Waals surface area contributed by atoms with Crippen molar-refractivity contribution in [2.75, 3.05) is 5.32 Å². The molecule has 4 heteroatoms. The molecular weight excluding hydrogens is 240 g/mol. The van der Waals surface area contributed by atoms with E-state index >= 15 is 0 Å². The summed E-state index contributed by atoms with van der Waals surface area (Å²) >= 11 is 0. The Bertz CT molecular complexity index is 659. The van der Waals surface area contributed by atoms with Gasteiger partial charge in [-0.1, -0.05) is 23.8 Å². The van der Waals surface area contributed by atoms with Gasteiger partial charge < -0.3 is 5.32 Å². The number of isocyanates is 1. The number of aryl methyl sites for hydroxylation is 1. The van der Waals surface area contributed by atoms with Gasteiger partial charge in [0.1, 0.15) is 0 Å². The van der Waals surface area contributed by atoms with Gasteiger partial charge in [0.05, 0.1) is 5.69 Å².